The summed E-state index contributed by atoms with van der Waals surface area (Å²) < 4.78 is 20.4. The van der Waals surface area contributed by atoms with Gasteiger partial charge in [0.15, 0.2) is 5.82 Å². The third-order valence-corrected chi connectivity index (χ3v) is 5.53. The van der Waals surface area contributed by atoms with Crippen molar-refractivity contribution in [1.82, 2.24) is 20.0 Å². The van der Waals surface area contributed by atoms with E-state index in [2.05, 4.69) is 15.5 Å². The van der Waals surface area contributed by atoms with E-state index in [9.17, 15) is 9.18 Å². The molecule has 7 heteroatoms. The Morgan fingerprint density at radius 1 is 1.18 bits per heavy atom. The zero-order chi connectivity index (χ0) is 19.9. The lowest BCUT2D eigenvalue weighted by atomic mass is 9.96. The fourth-order valence-electron chi connectivity index (χ4n) is 4.14. The van der Waals surface area contributed by atoms with E-state index in [0.29, 0.717) is 17.3 Å². The number of aryl methyl sites for hydroxylation is 2. The van der Waals surface area contributed by atoms with Crippen molar-refractivity contribution in [1.29, 1.82) is 0 Å². The third-order valence-electron chi connectivity index (χ3n) is 5.53. The maximum absolute atomic E-state index is 13.3. The summed E-state index contributed by atoms with van der Waals surface area (Å²) in [5.74, 6) is 0.585. The van der Waals surface area contributed by atoms with Gasteiger partial charge in [-0.15, -0.1) is 0 Å². The second kappa shape index (κ2) is 6.89. The van der Waals surface area contributed by atoms with Gasteiger partial charge in [-0.1, -0.05) is 18.0 Å². The summed E-state index contributed by atoms with van der Waals surface area (Å²) in [6.07, 6.45) is 3.58. The van der Waals surface area contributed by atoms with Crippen molar-refractivity contribution < 1.29 is 13.7 Å². The molecule has 0 spiro atoms. The van der Waals surface area contributed by atoms with Gasteiger partial charge in [-0.05, 0) is 57.0 Å². The summed E-state index contributed by atoms with van der Waals surface area (Å²) in [5, 5.41) is 7.26. The van der Waals surface area contributed by atoms with Crippen LogP contribution in [0.5, 0.6) is 0 Å². The quantitative estimate of drug-likeness (QED) is 0.737. The topological polar surface area (TPSA) is 73.0 Å². The predicted molar refractivity (Wildman–Crippen MR) is 102 cm³/mol. The van der Waals surface area contributed by atoms with Gasteiger partial charge >= 0.3 is 0 Å². The number of halogens is 1. The first-order chi connectivity index (χ1) is 13.4. The van der Waals surface area contributed by atoms with Gasteiger partial charge in [0.1, 0.15) is 11.4 Å². The zero-order valence-electron chi connectivity index (χ0n) is 16.3. The number of hydrogen-bond donors (Lipinski definition) is 1. The Balaban J connectivity index is 1.67. The maximum Gasteiger partial charge on any atom is 0.253 e. The molecule has 1 aliphatic rings. The van der Waals surface area contributed by atoms with E-state index in [4.69, 9.17) is 4.52 Å². The van der Waals surface area contributed by atoms with E-state index in [1.165, 1.54) is 12.1 Å². The number of hydrogen-bond acceptors (Lipinski definition) is 4. The van der Waals surface area contributed by atoms with Crippen molar-refractivity contribution in [3.05, 3.63) is 64.8 Å². The van der Waals surface area contributed by atoms with Gasteiger partial charge in [-0.2, -0.15) is 4.98 Å². The number of rotatable bonds is 4. The summed E-state index contributed by atoms with van der Waals surface area (Å²) >= 11 is 0. The minimum absolute atomic E-state index is 0.161. The number of carbonyl (C=O) groups is 1. The average molecular weight is 382 g/mol. The summed E-state index contributed by atoms with van der Waals surface area (Å²) in [4.78, 5) is 17.6. The van der Waals surface area contributed by atoms with E-state index >= 15 is 0 Å². The molecule has 4 rings (SSSR count). The van der Waals surface area contributed by atoms with E-state index in [0.717, 1.165) is 42.8 Å². The smallest absolute Gasteiger partial charge is 0.253 e. The fraction of sp³-hybridized carbons (Fsp3) is 0.381. The number of amides is 1. The largest absolute Gasteiger partial charge is 0.340 e. The molecule has 28 heavy (non-hydrogen) atoms. The highest BCUT2D eigenvalue weighted by Gasteiger charge is 2.41. The lowest BCUT2D eigenvalue weighted by Gasteiger charge is -2.26. The molecular formula is C21H23FN4O2. The molecule has 0 saturated heterocycles. The van der Waals surface area contributed by atoms with E-state index in [-0.39, 0.29) is 11.7 Å². The molecule has 2 aromatic heterocycles. The minimum atomic E-state index is -0.590. The molecule has 1 aliphatic carbocycles. The van der Waals surface area contributed by atoms with Gasteiger partial charge in [-0.25, -0.2) is 4.39 Å². The van der Waals surface area contributed by atoms with Gasteiger partial charge in [-0.3, -0.25) is 4.79 Å². The van der Waals surface area contributed by atoms with Crippen molar-refractivity contribution in [3.63, 3.8) is 0 Å². The van der Waals surface area contributed by atoms with Crippen LogP contribution in [0, 0.1) is 26.6 Å². The predicted octanol–water partition coefficient (Wildman–Crippen LogP) is 4.12. The Kier molecular flexibility index (Phi) is 4.53. The normalized spacial score (nSPS) is 15.7. The molecule has 1 aromatic carbocycles. The molecule has 6 nitrogen and oxygen atoms in total. The zero-order valence-corrected chi connectivity index (χ0v) is 16.3. The van der Waals surface area contributed by atoms with Crippen molar-refractivity contribution in [2.75, 3.05) is 0 Å². The highest BCUT2D eigenvalue weighted by atomic mass is 19.1. The van der Waals surface area contributed by atoms with Gasteiger partial charge in [0.25, 0.3) is 5.91 Å². The molecule has 2 heterocycles. The fourth-order valence-corrected chi connectivity index (χ4v) is 4.14. The molecule has 0 aliphatic heterocycles. The van der Waals surface area contributed by atoms with Crippen LogP contribution >= 0.6 is 0 Å². The lowest BCUT2D eigenvalue weighted by molar-refractivity contribution is 0.0891. The minimum Gasteiger partial charge on any atom is -0.340 e. The Morgan fingerprint density at radius 2 is 1.86 bits per heavy atom. The van der Waals surface area contributed by atoms with Crippen LogP contribution in [0.1, 0.15) is 59.1 Å². The van der Waals surface area contributed by atoms with Crippen LogP contribution in [-0.2, 0) is 5.54 Å². The van der Waals surface area contributed by atoms with Gasteiger partial charge < -0.3 is 14.4 Å². The molecule has 0 radical (unpaired) electrons. The van der Waals surface area contributed by atoms with Crippen LogP contribution in [0.3, 0.4) is 0 Å². The maximum atomic E-state index is 13.3. The van der Waals surface area contributed by atoms with Crippen LogP contribution in [0.2, 0.25) is 0 Å². The summed E-state index contributed by atoms with van der Waals surface area (Å²) in [6.45, 7) is 5.57. The molecule has 1 fully saturated rings. The van der Waals surface area contributed by atoms with Crippen molar-refractivity contribution in [2.24, 2.45) is 0 Å². The Morgan fingerprint density at radius 3 is 2.46 bits per heavy atom. The van der Waals surface area contributed by atoms with Crippen molar-refractivity contribution in [3.8, 4) is 5.69 Å². The summed E-state index contributed by atoms with van der Waals surface area (Å²) in [6, 6.07) is 8.10. The second-order valence-electron chi connectivity index (χ2n) is 7.48. The Hall–Kier alpha value is -2.96. The second-order valence-corrected chi connectivity index (χ2v) is 7.48. The van der Waals surface area contributed by atoms with Gasteiger partial charge in [0.05, 0.1) is 5.56 Å². The molecule has 0 atom stereocenters. The molecule has 1 saturated carbocycles. The lowest BCUT2D eigenvalue weighted by Crippen LogP contribution is -2.44. The SMILES string of the molecule is Cc1nc(C2(NC(=O)c3cc(C)n(-c4ccc(F)cc4)c3C)CCCC2)no1. The number of nitrogens with one attached hydrogen (secondary N) is 1. The summed E-state index contributed by atoms with van der Waals surface area (Å²) in [7, 11) is 0. The Bertz CT molecular complexity index is 1010. The number of benzene rings is 1. The highest BCUT2D eigenvalue weighted by Crippen LogP contribution is 2.37. The molecule has 1 amide bonds. The number of nitrogens with zero attached hydrogens (tertiary/aromatic N) is 3. The van der Waals surface area contributed by atoms with Gasteiger partial charge in [0.2, 0.25) is 5.89 Å². The number of carbonyl (C=O) groups excluding carboxylic acids is 1. The monoisotopic (exact) mass is 382 g/mol. The number of aromatic nitrogens is 3. The molecule has 0 bridgehead atoms. The molecule has 146 valence electrons. The van der Waals surface area contributed by atoms with E-state index < -0.39 is 5.54 Å². The van der Waals surface area contributed by atoms with Crippen LogP contribution < -0.4 is 5.32 Å². The third kappa shape index (κ3) is 3.10. The molecule has 1 N–H and O–H groups in total. The van der Waals surface area contributed by atoms with E-state index in [1.807, 2.05) is 24.5 Å². The van der Waals surface area contributed by atoms with Crippen LogP contribution in [0.4, 0.5) is 4.39 Å². The first kappa shape index (κ1) is 18.4. The highest BCUT2D eigenvalue weighted by molar-refractivity contribution is 5.96. The average Bonchev–Trinajstić information content (AvgIpc) is 3.37. The standard InChI is InChI=1S/C21H23FN4O2/c1-13-12-18(14(2)26(13)17-8-6-16(22)7-9-17)19(27)24-21(10-4-5-11-21)20-23-15(3)28-25-20/h6-9,12H,4-5,10-11H2,1-3H3,(H,24,27). The van der Waals surface area contributed by atoms with E-state index in [1.54, 1.807) is 19.1 Å². The Labute approximate surface area is 162 Å². The van der Waals surface area contributed by atoms with Crippen LogP contribution in [0.15, 0.2) is 34.9 Å². The molecule has 3 aromatic rings. The molecule has 0 unspecified atom stereocenters. The summed E-state index contributed by atoms with van der Waals surface area (Å²) in [5.41, 5.74) is 2.53. The first-order valence-electron chi connectivity index (χ1n) is 9.48. The molecular weight excluding hydrogens is 359 g/mol. The van der Waals surface area contributed by atoms with Crippen molar-refractivity contribution in [2.45, 2.75) is 52.0 Å². The van der Waals surface area contributed by atoms with Crippen molar-refractivity contribution >= 4 is 5.91 Å². The van der Waals surface area contributed by atoms with Crippen LogP contribution in [-0.4, -0.2) is 20.6 Å². The first-order valence-corrected chi connectivity index (χ1v) is 9.48. The van der Waals surface area contributed by atoms with Crippen LogP contribution in [0.25, 0.3) is 5.69 Å². The van der Waals surface area contributed by atoms with Gasteiger partial charge in [0, 0.05) is 24.0 Å².